The molecule has 1 amide bonds. The SMILES string of the molecule is COc1cc2nc(N(CCCN(C)C)C(=O)c3nc4ccccc4s3)sc2cc1OC. The van der Waals surface area contributed by atoms with E-state index in [9.17, 15) is 4.79 Å². The number of ether oxygens (including phenoxy) is 2. The molecule has 0 aliphatic rings. The number of para-hydroxylation sites is 1. The van der Waals surface area contributed by atoms with E-state index in [1.807, 2.05) is 50.5 Å². The zero-order chi connectivity index (χ0) is 22.0. The predicted molar refractivity (Wildman–Crippen MR) is 127 cm³/mol. The topological polar surface area (TPSA) is 67.8 Å². The zero-order valence-electron chi connectivity index (χ0n) is 17.9. The number of amides is 1. The summed E-state index contributed by atoms with van der Waals surface area (Å²) >= 11 is 2.88. The number of carbonyl (C=O) groups excluding carboxylic acids is 1. The summed E-state index contributed by atoms with van der Waals surface area (Å²) in [5.41, 5.74) is 1.61. The van der Waals surface area contributed by atoms with Crippen LogP contribution in [0.5, 0.6) is 11.5 Å². The van der Waals surface area contributed by atoms with Gasteiger partial charge in [-0.3, -0.25) is 9.69 Å². The number of benzene rings is 2. The quantitative estimate of drug-likeness (QED) is 0.388. The van der Waals surface area contributed by atoms with Gasteiger partial charge in [-0.15, -0.1) is 11.3 Å². The molecule has 2 heterocycles. The van der Waals surface area contributed by atoms with Crippen molar-refractivity contribution in [2.75, 3.05) is 46.3 Å². The van der Waals surface area contributed by atoms with Crippen LogP contribution in [-0.2, 0) is 0 Å². The molecule has 2 aromatic carbocycles. The molecule has 31 heavy (non-hydrogen) atoms. The van der Waals surface area contributed by atoms with Gasteiger partial charge in [0.05, 0.1) is 34.7 Å². The smallest absolute Gasteiger partial charge is 0.289 e. The number of hydrogen-bond donors (Lipinski definition) is 0. The number of anilines is 1. The van der Waals surface area contributed by atoms with Gasteiger partial charge < -0.3 is 14.4 Å². The van der Waals surface area contributed by atoms with Gasteiger partial charge in [-0.25, -0.2) is 9.97 Å². The summed E-state index contributed by atoms with van der Waals surface area (Å²) < 4.78 is 12.7. The molecular formula is C22H24N4O3S2. The number of methoxy groups -OCH3 is 2. The lowest BCUT2D eigenvalue weighted by Gasteiger charge is -2.19. The summed E-state index contributed by atoms with van der Waals surface area (Å²) in [7, 11) is 7.25. The number of nitrogens with zero attached hydrogens (tertiary/aromatic N) is 4. The first-order chi connectivity index (χ1) is 15.0. The van der Waals surface area contributed by atoms with Gasteiger partial charge in [0, 0.05) is 18.7 Å². The van der Waals surface area contributed by atoms with Crippen molar-refractivity contribution in [3.63, 3.8) is 0 Å². The van der Waals surface area contributed by atoms with Crippen LogP contribution in [0.1, 0.15) is 16.2 Å². The van der Waals surface area contributed by atoms with Crippen molar-refractivity contribution in [2.24, 2.45) is 0 Å². The van der Waals surface area contributed by atoms with Gasteiger partial charge in [0.15, 0.2) is 21.6 Å². The molecule has 4 aromatic rings. The minimum Gasteiger partial charge on any atom is -0.493 e. The summed E-state index contributed by atoms with van der Waals surface area (Å²) in [6.45, 7) is 1.43. The van der Waals surface area contributed by atoms with E-state index in [1.165, 1.54) is 22.7 Å². The van der Waals surface area contributed by atoms with Gasteiger partial charge in [-0.1, -0.05) is 23.5 Å². The van der Waals surface area contributed by atoms with Crippen LogP contribution in [-0.4, -0.2) is 62.2 Å². The number of rotatable bonds is 8. The van der Waals surface area contributed by atoms with Gasteiger partial charge >= 0.3 is 0 Å². The Kier molecular flexibility index (Phi) is 6.35. The number of hydrogen-bond acceptors (Lipinski definition) is 8. The molecule has 0 aliphatic heterocycles. The van der Waals surface area contributed by atoms with Crippen LogP contribution < -0.4 is 14.4 Å². The van der Waals surface area contributed by atoms with Gasteiger partial charge in [0.1, 0.15) is 0 Å². The second-order valence-corrected chi connectivity index (χ2v) is 9.31. The highest BCUT2D eigenvalue weighted by atomic mass is 32.1. The largest absolute Gasteiger partial charge is 0.493 e. The third-order valence-corrected chi connectivity index (χ3v) is 6.89. The summed E-state index contributed by atoms with van der Waals surface area (Å²) in [6.07, 6.45) is 0.826. The van der Waals surface area contributed by atoms with Gasteiger partial charge in [0.2, 0.25) is 0 Å². The average Bonchev–Trinajstić information content (AvgIpc) is 3.38. The number of aromatic nitrogens is 2. The standard InChI is InChI=1S/C22H24N4O3S2/c1-25(2)10-7-11-26(21(27)20-23-14-8-5-6-9-18(14)30-20)22-24-15-12-16(28-3)17(29-4)13-19(15)31-22/h5-6,8-9,12-13H,7,10-11H2,1-4H3. The molecule has 0 atom stereocenters. The molecule has 9 heteroatoms. The molecule has 2 aromatic heterocycles. The maximum Gasteiger partial charge on any atom is 0.289 e. The first-order valence-corrected chi connectivity index (χ1v) is 11.5. The van der Waals surface area contributed by atoms with E-state index in [0.29, 0.717) is 28.2 Å². The predicted octanol–water partition coefficient (Wildman–Crippen LogP) is 4.52. The third kappa shape index (κ3) is 4.48. The third-order valence-electron chi connectivity index (χ3n) is 4.82. The summed E-state index contributed by atoms with van der Waals surface area (Å²) in [6, 6.07) is 11.5. The summed E-state index contributed by atoms with van der Waals surface area (Å²) in [5.74, 6) is 1.13. The van der Waals surface area contributed by atoms with Gasteiger partial charge in [-0.05, 0) is 39.2 Å². The Balaban J connectivity index is 1.72. The maximum atomic E-state index is 13.5. The highest BCUT2D eigenvalue weighted by Crippen LogP contribution is 2.38. The highest BCUT2D eigenvalue weighted by Gasteiger charge is 2.24. The van der Waals surface area contributed by atoms with E-state index >= 15 is 0 Å². The molecule has 0 radical (unpaired) electrons. The Bertz CT molecular complexity index is 1140. The molecule has 0 spiro atoms. The Hall–Kier alpha value is -2.75. The molecule has 0 N–H and O–H groups in total. The zero-order valence-corrected chi connectivity index (χ0v) is 19.5. The summed E-state index contributed by atoms with van der Waals surface area (Å²) in [4.78, 5) is 26.6. The van der Waals surface area contributed by atoms with Crippen molar-refractivity contribution in [3.8, 4) is 11.5 Å². The van der Waals surface area contributed by atoms with Crippen molar-refractivity contribution in [3.05, 3.63) is 41.4 Å². The van der Waals surface area contributed by atoms with E-state index < -0.39 is 0 Å². The lowest BCUT2D eigenvalue weighted by atomic mass is 10.3. The molecule has 7 nitrogen and oxygen atoms in total. The van der Waals surface area contributed by atoms with Gasteiger partial charge in [0.25, 0.3) is 5.91 Å². The van der Waals surface area contributed by atoms with Crippen LogP contribution in [0.4, 0.5) is 5.13 Å². The number of carbonyl (C=O) groups is 1. The molecule has 4 rings (SSSR count). The number of thiazole rings is 2. The van der Waals surface area contributed by atoms with Crippen LogP contribution >= 0.6 is 22.7 Å². The first kappa shape index (κ1) is 21.5. The fraction of sp³-hybridized carbons (Fsp3) is 0.318. The Labute approximate surface area is 188 Å². The Morgan fingerprint density at radius 3 is 2.39 bits per heavy atom. The molecule has 0 unspecified atom stereocenters. The molecule has 0 aliphatic carbocycles. The van der Waals surface area contributed by atoms with E-state index in [4.69, 9.17) is 14.5 Å². The van der Waals surface area contributed by atoms with Crippen molar-refractivity contribution < 1.29 is 14.3 Å². The monoisotopic (exact) mass is 456 g/mol. The van der Waals surface area contributed by atoms with Crippen molar-refractivity contribution in [1.29, 1.82) is 0 Å². The van der Waals surface area contributed by atoms with Crippen molar-refractivity contribution in [2.45, 2.75) is 6.42 Å². The first-order valence-electron chi connectivity index (χ1n) is 9.85. The van der Waals surface area contributed by atoms with Crippen LogP contribution in [0.2, 0.25) is 0 Å². The molecular weight excluding hydrogens is 432 g/mol. The van der Waals surface area contributed by atoms with Gasteiger partial charge in [-0.2, -0.15) is 0 Å². The highest BCUT2D eigenvalue weighted by molar-refractivity contribution is 7.23. The summed E-state index contributed by atoms with van der Waals surface area (Å²) in [5, 5.41) is 1.12. The lowest BCUT2D eigenvalue weighted by molar-refractivity contribution is 0.0986. The maximum absolute atomic E-state index is 13.5. The normalized spacial score (nSPS) is 11.4. The van der Waals surface area contributed by atoms with E-state index in [1.54, 1.807) is 19.1 Å². The average molecular weight is 457 g/mol. The fourth-order valence-corrected chi connectivity index (χ4v) is 5.18. The second-order valence-electron chi connectivity index (χ2n) is 7.27. The molecule has 0 fully saturated rings. The van der Waals surface area contributed by atoms with Crippen LogP contribution in [0, 0.1) is 0 Å². The van der Waals surface area contributed by atoms with Crippen LogP contribution in [0.15, 0.2) is 36.4 Å². The minimum absolute atomic E-state index is 0.127. The Morgan fingerprint density at radius 2 is 1.68 bits per heavy atom. The molecule has 0 saturated heterocycles. The number of fused-ring (bicyclic) bond motifs is 2. The second kappa shape index (κ2) is 9.17. The fourth-order valence-electron chi connectivity index (χ4n) is 3.27. The lowest BCUT2D eigenvalue weighted by Crippen LogP contribution is -2.33. The molecule has 0 saturated carbocycles. The van der Waals surface area contributed by atoms with E-state index in [2.05, 4.69) is 9.88 Å². The van der Waals surface area contributed by atoms with Crippen LogP contribution in [0.3, 0.4) is 0 Å². The molecule has 162 valence electrons. The Morgan fingerprint density at radius 1 is 0.935 bits per heavy atom. The van der Waals surface area contributed by atoms with Crippen LogP contribution in [0.25, 0.3) is 20.4 Å². The van der Waals surface area contributed by atoms with E-state index in [0.717, 1.165) is 33.4 Å². The van der Waals surface area contributed by atoms with E-state index in [-0.39, 0.29) is 5.91 Å². The molecule has 0 bridgehead atoms. The van der Waals surface area contributed by atoms with Crippen molar-refractivity contribution in [1.82, 2.24) is 14.9 Å². The minimum atomic E-state index is -0.127. The van der Waals surface area contributed by atoms with Crippen molar-refractivity contribution >= 4 is 54.1 Å².